The molecule has 3 heteroatoms. The van der Waals surface area contributed by atoms with Crippen molar-refractivity contribution in [1.29, 1.82) is 0 Å². The number of halogens is 2. The second-order valence-electron chi connectivity index (χ2n) is 5.08. The predicted molar refractivity (Wildman–Crippen MR) is 81.3 cm³/mol. The lowest BCUT2D eigenvalue weighted by Crippen LogP contribution is -2.38. The molecule has 1 nitrogen and oxygen atoms in total. The van der Waals surface area contributed by atoms with Gasteiger partial charge in [0, 0.05) is 11.1 Å². The molecule has 1 N–H and O–H groups in total. The van der Waals surface area contributed by atoms with Crippen LogP contribution in [-0.2, 0) is 6.42 Å². The van der Waals surface area contributed by atoms with E-state index >= 15 is 0 Å². The molecule has 0 aliphatic heterocycles. The molecule has 1 unspecified atom stereocenters. The SMILES string of the molecule is CCCNC(Cc1cc(Cl)ccc1F)C(CC)CC. The maximum absolute atomic E-state index is 13.8. The Bertz CT molecular complexity index is 377. The van der Waals surface area contributed by atoms with Crippen LogP contribution in [0.25, 0.3) is 0 Å². The molecule has 1 rings (SSSR count). The van der Waals surface area contributed by atoms with Crippen LogP contribution < -0.4 is 5.32 Å². The number of rotatable bonds is 8. The van der Waals surface area contributed by atoms with Crippen LogP contribution in [0.15, 0.2) is 18.2 Å². The first-order valence-electron chi connectivity index (χ1n) is 7.29. The standard InChI is InChI=1S/C16H25ClFN/c1-4-9-19-16(12(5-2)6-3)11-13-10-14(17)7-8-15(13)18/h7-8,10,12,16,19H,4-6,9,11H2,1-3H3. The Hall–Kier alpha value is -0.600. The van der Waals surface area contributed by atoms with Crippen LogP contribution in [0.2, 0.25) is 5.02 Å². The molecular formula is C16H25ClFN. The molecule has 0 heterocycles. The summed E-state index contributed by atoms with van der Waals surface area (Å²) in [4.78, 5) is 0. The molecule has 1 aromatic rings. The van der Waals surface area contributed by atoms with Crippen LogP contribution in [-0.4, -0.2) is 12.6 Å². The smallest absolute Gasteiger partial charge is 0.126 e. The van der Waals surface area contributed by atoms with Gasteiger partial charge in [0.1, 0.15) is 5.82 Å². The summed E-state index contributed by atoms with van der Waals surface area (Å²) >= 11 is 5.96. The summed E-state index contributed by atoms with van der Waals surface area (Å²) in [6.07, 6.45) is 4.02. The molecule has 1 atom stereocenters. The molecule has 1 aromatic carbocycles. The highest BCUT2D eigenvalue weighted by atomic mass is 35.5. The summed E-state index contributed by atoms with van der Waals surface area (Å²) < 4.78 is 13.8. The summed E-state index contributed by atoms with van der Waals surface area (Å²) in [5, 5.41) is 4.16. The van der Waals surface area contributed by atoms with Gasteiger partial charge in [0.25, 0.3) is 0 Å². The fourth-order valence-corrected chi connectivity index (χ4v) is 2.72. The van der Waals surface area contributed by atoms with Crippen LogP contribution in [0.1, 0.15) is 45.6 Å². The van der Waals surface area contributed by atoms with E-state index in [0.29, 0.717) is 29.0 Å². The molecule has 0 fully saturated rings. The van der Waals surface area contributed by atoms with E-state index in [4.69, 9.17) is 11.6 Å². The van der Waals surface area contributed by atoms with Crippen LogP contribution in [0.5, 0.6) is 0 Å². The largest absolute Gasteiger partial charge is 0.313 e. The second kappa shape index (κ2) is 8.55. The lowest BCUT2D eigenvalue weighted by molar-refractivity contribution is 0.329. The molecule has 0 saturated carbocycles. The minimum Gasteiger partial charge on any atom is -0.313 e. The van der Waals surface area contributed by atoms with Crippen LogP contribution in [0, 0.1) is 11.7 Å². The van der Waals surface area contributed by atoms with E-state index in [2.05, 4.69) is 26.1 Å². The van der Waals surface area contributed by atoms with Gasteiger partial charge in [-0.3, -0.25) is 0 Å². The van der Waals surface area contributed by atoms with E-state index in [9.17, 15) is 4.39 Å². The van der Waals surface area contributed by atoms with E-state index in [-0.39, 0.29) is 5.82 Å². The summed E-state index contributed by atoms with van der Waals surface area (Å²) in [6, 6.07) is 5.13. The minimum atomic E-state index is -0.154. The number of nitrogens with one attached hydrogen (secondary N) is 1. The van der Waals surface area contributed by atoms with Gasteiger partial charge < -0.3 is 5.32 Å². The zero-order valence-electron chi connectivity index (χ0n) is 12.2. The van der Waals surface area contributed by atoms with E-state index in [1.54, 1.807) is 12.1 Å². The van der Waals surface area contributed by atoms with E-state index < -0.39 is 0 Å². The topological polar surface area (TPSA) is 12.0 Å². The molecule has 0 aliphatic rings. The number of hydrogen-bond acceptors (Lipinski definition) is 1. The fraction of sp³-hybridized carbons (Fsp3) is 0.625. The zero-order chi connectivity index (χ0) is 14.3. The van der Waals surface area contributed by atoms with Gasteiger partial charge in [-0.25, -0.2) is 4.39 Å². The Kier molecular flexibility index (Phi) is 7.40. The van der Waals surface area contributed by atoms with E-state index in [1.165, 1.54) is 6.07 Å². The van der Waals surface area contributed by atoms with Gasteiger partial charge in [-0.15, -0.1) is 0 Å². The summed E-state index contributed by atoms with van der Waals surface area (Å²) in [7, 11) is 0. The molecule has 19 heavy (non-hydrogen) atoms. The Morgan fingerprint density at radius 3 is 2.47 bits per heavy atom. The van der Waals surface area contributed by atoms with Gasteiger partial charge in [-0.2, -0.15) is 0 Å². The van der Waals surface area contributed by atoms with Crippen LogP contribution in [0.3, 0.4) is 0 Å². The van der Waals surface area contributed by atoms with Crippen molar-refractivity contribution in [1.82, 2.24) is 5.32 Å². The number of hydrogen-bond donors (Lipinski definition) is 1. The highest BCUT2D eigenvalue weighted by molar-refractivity contribution is 6.30. The Morgan fingerprint density at radius 1 is 1.21 bits per heavy atom. The lowest BCUT2D eigenvalue weighted by atomic mass is 9.89. The first-order valence-corrected chi connectivity index (χ1v) is 7.67. The molecule has 108 valence electrons. The highest BCUT2D eigenvalue weighted by Gasteiger charge is 2.19. The summed E-state index contributed by atoms with van der Waals surface area (Å²) in [5.74, 6) is 0.420. The van der Waals surface area contributed by atoms with Gasteiger partial charge in [-0.1, -0.05) is 45.2 Å². The van der Waals surface area contributed by atoms with Crippen molar-refractivity contribution in [2.24, 2.45) is 5.92 Å². The molecular weight excluding hydrogens is 261 g/mol. The highest BCUT2D eigenvalue weighted by Crippen LogP contribution is 2.21. The van der Waals surface area contributed by atoms with Crippen LogP contribution >= 0.6 is 11.6 Å². The molecule has 0 radical (unpaired) electrons. The monoisotopic (exact) mass is 285 g/mol. The Balaban J connectivity index is 2.83. The molecule has 0 aliphatic carbocycles. The molecule has 0 saturated heterocycles. The molecule has 0 spiro atoms. The maximum Gasteiger partial charge on any atom is 0.126 e. The lowest BCUT2D eigenvalue weighted by Gasteiger charge is -2.27. The van der Waals surface area contributed by atoms with Gasteiger partial charge in [0.2, 0.25) is 0 Å². The second-order valence-corrected chi connectivity index (χ2v) is 5.51. The average Bonchev–Trinajstić information content (AvgIpc) is 2.41. The van der Waals surface area contributed by atoms with Gasteiger partial charge in [-0.05, 0) is 49.1 Å². The van der Waals surface area contributed by atoms with Crippen molar-refractivity contribution in [2.45, 2.75) is 52.5 Å². The molecule has 0 bridgehead atoms. The van der Waals surface area contributed by atoms with Crippen molar-refractivity contribution in [2.75, 3.05) is 6.54 Å². The quantitative estimate of drug-likeness (QED) is 0.722. The first kappa shape index (κ1) is 16.5. The molecule has 0 aromatic heterocycles. The van der Waals surface area contributed by atoms with Gasteiger partial charge >= 0.3 is 0 Å². The summed E-state index contributed by atoms with van der Waals surface area (Å²) in [6.45, 7) is 7.52. The van der Waals surface area contributed by atoms with E-state index in [1.807, 2.05) is 0 Å². The van der Waals surface area contributed by atoms with Crippen molar-refractivity contribution in [3.8, 4) is 0 Å². The van der Waals surface area contributed by atoms with E-state index in [0.717, 1.165) is 25.8 Å². The van der Waals surface area contributed by atoms with Crippen molar-refractivity contribution >= 4 is 11.6 Å². The van der Waals surface area contributed by atoms with Crippen molar-refractivity contribution in [3.05, 3.63) is 34.6 Å². The van der Waals surface area contributed by atoms with Crippen molar-refractivity contribution in [3.63, 3.8) is 0 Å². The fourth-order valence-electron chi connectivity index (χ4n) is 2.53. The van der Waals surface area contributed by atoms with Crippen LogP contribution in [0.4, 0.5) is 4.39 Å². The normalized spacial score (nSPS) is 12.9. The Labute approximate surface area is 121 Å². The molecule has 0 amide bonds. The summed E-state index contributed by atoms with van der Waals surface area (Å²) in [5.41, 5.74) is 0.716. The number of benzene rings is 1. The average molecular weight is 286 g/mol. The third-order valence-corrected chi connectivity index (χ3v) is 3.96. The van der Waals surface area contributed by atoms with Crippen molar-refractivity contribution < 1.29 is 4.39 Å². The zero-order valence-corrected chi connectivity index (χ0v) is 12.9. The van der Waals surface area contributed by atoms with Gasteiger partial charge in [0.15, 0.2) is 0 Å². The minimum absolute atomic E-state index is 0.154. The van der Waals surface area contributed by atoms with Gasteiger partial charge in [0.05, 0.1) is 0 Å². The Morgan fingerprint density at radius 2 is 1.89 bits per heavy atom. The first-order chi connectivity index (χ1) is 9.12. The predicted octanol–water partition coefficient (Wildman–Crippen LogP) is 4.83. The third kappa shape index (κ3) is 5.12. The third-order valence-electron chi connectivity index (χ3n) is 3.72. The maximum atomic E-state index is 13.8.